The molecule has 0 fully saturated rings. The van der Waals surface area contributed by atoms with E-state index in [0.29, 0.717) is 42.3 Å². The zero-order valence-corrected chi connectivity index (χ0v) is 32.9. The highest BCUT2D eigenvalue weighted by Gasteiger charge is 2.25. The normalized spacial score (nSPS) is 13.1. The molecule has 0 aliphatic heterocycles. The molecule has 2 unspecified atom stereocenters. The molecule has 264 valence electrons. The third-order valence-electron chi connectivity index (χ3n) is 6.14. The smallest absolute Gasteiger partial charge is 0.255 e. The van der Waals surface area contributed by atoms with Crippen molar-refractivity contribution in [3.8, 4) is 0 Å². The lowest BCUT2D eigenvalue weighted by molar-refractivity contribution is -0.116. The number of aromatic nitrogens is 6. The van der Waals surface area contributed by atoms with Crippen molar-refractivity contribution in [2.24, 2.45) is 10.3 Å². The van der Waals surface area contributed by atoms with Crippen molar-refractivity contribution in [2.45, 2.75) is 70.8 Å². The molecular weight excluding hydrogens is 848 g/mol. The number of nitrogens with zero attached hydrogens (tertiary/aromatic N) is 6. The van der Waals surface area contributed by atoms with E-state index >= 15 is 0 Å². The minimum Gasteiger partial charge on any atom is -0.389 e. The number of nitrogens with two attached hydrogens (primary N) is 2. The van der Waals surface area contributed by atoms with Crippen molar-refractivity contribution in [3.05, 3.63) is 58.0 Å². The number of hydrogen-bond acceptors (Lipinski definition) is 16. The Hall–Kier alpha value is -2.83. The number of thioether (sulfide) groups is 2. The maximum atomic E-state index is 11.4. The molecule has 7 N–H and O–H groups in total. The summed E-state index contributed by atoms with van der Waals surface area (Å²) in [4.78, 5) is 36.0. The van der Waals surface area contributed by atoms with Gasteiger partial charge in [0.15, 0.2) is 10.1 Å². The van der Waals surface area contributed by atoms with Gasteiger partial charge in [-0.05, 0) is 83.8 Å². The molecule has 0 aliphatic carbocycles. The van der Waals surface area contributed by atoms with Gasteiger partial charge in [-0.1, -0.05) is 30.4 Å². The number of sulfonamides is 2. The summed E-state index contributed by atoms with van der Waals surface area (Å²) in [5.74, 6) is 0.656. The van der Waals surface area contributed by atoms with Crippen molar-refractivity contribution in [1.29, 1.82) is 0 Å². The fourth-order valence-corrected chi connectivity index (χ4v) is 6.64. The summed E-state index contributed by atoms with van der Waals surface area (Å²) in [7, 11) is -7.67. The molecule has 2 atom stereocenters. The summed E-state index contributed by atoms with van der Waals surface area (Å²) >= 11 is 9.46. The Morgan fingerprint density at radius 2 is 1.18 bits per heavy atom. The molecule has 49 heavy (non-hydrogen) atoms. The number of hydrogen-bond donors (Lipinski definition) is 5. The molecule has 0 radical (unpaired) electrons. The van der Waals surface area contributed by atoms with Gasteiger partial charge in [0.2, 0.25) is 11.9 Å². The van der Waals surface area contributed by atoms with E-state index in [1.807, 2.05) is 6.92 Å². The van der Waals surface area contributed by atoms with E-state index in [1.165, 1.54) is 67.1 Å². The van der Waals surface area contributed by atoms with E-state index < -0.39 is 25.6 Å². The van der Waals surface area contributed by atoms with Crippen LogP contribution in [0.3, 0.4) is 0 Å². The van der Waals surface area contributed by atoms with Crippen LogP contribution in [-0.2, 0) is 24.8 Å². The summed E-state index contributed by atoms with van der Waals surface area (Å²) in [5, 5.41) is 26.4. The Labute approximate surface area is 308 Å². The molecule has 0 saturated heterocycles. The van der Waals surface area contributed by atoms with Crippen molar-refractivity contribution >= 4 is 104 Å². The first kappa shape index (κ1) is 40.6. The SMILES string of the molecule is CC(=O)C(C)Sc1nc(Nc2ccc(S(N)(=O)=O)nc2)ncc1Br.CC(Sc1nc(Nc2ccc(S(N)(=O)=O)nc2)ncc1Br)C(C)(C)O. The van der Waals surface area contributed by atoms with Crippen molar-refractivity contribution in [2.75, 3.05) is 10.6 Å². The van der Waals surface area contributed by atoms with Crippen LogP contribution in [0.15, 0.2) is 78.1 Å². The van der Waals surface area contributed by atoms with E-state index in [-0.39, 0.29) is 26.3 Å². The fraction of sp³-hybridized carbons (Fsp3) is 0.296. The van der Waals surface area contributed by atoms with Crippen LogP contribution in [0, 0.1) is 0 Å². The van der Waals surface area contributed by atoms with Gasteiger partial charge in [0.1, 0.15) is 15.8 Å². The second-order valence-corrected chi connectivity index (χ2v) is 18.0. The Morgan fingerprint density at radius 1 is 0.776 bits per heavy atom. The van der Waals surface area contributed by atoms with Gasteiger partial charge in [-0.2, -0.15) is 0 Å². The Morgan fingerprint density at radius 3 is 1.51 bits per heavy atom. The first-order valence-electron chi connectivity index (χ1n) is 13.8. The van der Waals surface area contributed by atoms with Crippen LogP contribution in [0.4, 0.5) is 23.3 Å². The highest BCUT2D eigenvalue weighted by atomic mass is 79.9. The molecule has 0 saturated carbocycles. The maximum Gasteiger partial charge on any atom is 0.255 e. The number of rotatable bonds is 12. The third kappa shape index (κ3) is 12.8. The molecule has 4 aromatic rings. The minimum absolute atomic E-state index is 0.0443. The Balaban J connectivity index is 0.000000266. The first-order valence-corrected chi connectivity index (χ1v) is 20.2. The molecule has 0 amide bonds. The summed E-state index contributed by atoms with van der Waals surface area (Å²) in [6.07, 6.45) is 5.81. The average molecular weight is 881 g/mol. The van der Waals surface area contributed by atoms with Gasteiger partial charge in [0, 0.05) is 17.6 Å². The lowest BCUT2D eigenvalue weighted by Gasteiger charge is -2.25. The third-order valence-corrected chi connectivity index (χ3v) is 12.2. The number of pyridine rings is 2. The number of nitrogens with one attached hydrogen (secondary N) is 2. The van der Waals surface area contributed by atoms with E-state index in [4.69, 9.17) is 10.3 Å². The number of aliphatic hydroxyl groups is 1. The number of primary sulfonamides is 2. The van der Waals surface area contributed by atoms with Gasteiger partial charge < -0.3 is 15.7 Å². The van der Waals surface area contributed by atoms with Crippen LogP contribution in [0.1, 0.15) is 34.6 Å². The number of carbonyl (C=O) groups is 1. The highest BCUT2D eigenvalue weighted by Crippen LogP contribution is 2.34. The topological polar surface area (TPSA) is 259 Å². The van der Waals surface area contributed by atoms with Gasteiger partial charge in [0.25, 0.3) is 20.0 Å². The van der Waals surface area contributed by atoms with Gasteiger partial charge in [-0.3, -0.25) is 4.79 Å². The zero-order valence-electron chi connectivity index (χ0n) is 26.5. The number of carbonyl (C=O) groups excluding carboxylic acids is 1. The molecule has 4 rings (SSSR count). The average Bonchev–Trinajstić information content (AvgIpc) is 3.00. The lowest BCUT2D eigenvalue weighted by Crippen LogP contribution is -2.30. The molecule has 16 nitrogen and oxygen atoms in total. The second kappa shape index (κ2) is 16.9. The second-order valence-electron chi connectivity index (χ2n) is 10.6. The van der Waals surface area contributed by atoms with Crippen molar-refractivity contribution < 1.29 is 26.7 Å². The molecular formula is C27H32Br2N10O6S4. The molecule has 0 aliphatic rings. The largest absolute Gasteiger partial charge is 0.389 e. The van der Waals surface area contributed by atoms with Gasteiger partial charge >= 0.3 is 0 Å². The number of ketones is 1. The molecule has 4 aromatic heterocycles. The monoisotopic (exact) mass is 878 g/mol. The Bertz CT molecular complexity index is 2000. The maximum absolute atomic E-state index is 11.4. The van der Waals surface area contributed by atoms with Crippen LogP contribution in [0.5, 0.6) is 0 Å². The highest BCUT2D eigenvalue weighted by molar-refractivity contribution is 9.10. The fourth-order valence-electron chi connectivity index (χ4n) is 3.05. The number of anilines is 4. The Kier molecular flexibility index (Phi) is 14.0. The van der Waals surface area contributed by atoms with Gasteiger partial charge in [0.05, 0.1) is 43.6 Å². The lowest BCUT2D eigenvalue weighted by atomic mass is 10.1. The summed E-state index contributed by atoms with van der Waals surface area (Å²) < 4.78 is 46.2. The summed E-state index contributed by atoms with van der Waals surface area (Å²) in [6, 6.07) is 5.60. The zero-order chi connectivity index (χ0) is 36.7. The van der Waals surface area contributed by atoms with Crippen LogP contribution < -0.4 is 20.9 Å². The predicted octanol–water partition coefficient (Wildman–Crippen LogP) is 4.37. The van der Waals surface area contributed by atoms with E-state index in [0.717, 1.165) is 0 Å². The van der Waals surface area contributed by atoms with Crippen molar-refractivity contribution in [1.82, 2.24) is 29.9 Å². The van der Waals surface area contributed by atoms with E-state index in [9.17, 15) is 26.7 Å². The first-order chi connectivity index (χ1) is 22.6. The number of halogens is 2. The molecule has 22 heteroatoms. The molecule has 0 spiro atoms. The van der Waals surface area contributed by atoms with Crippen LogP contribution in [0.25, 0.3) is 0 Å². The van der Waals surface area contributed by atoms with Crippen LogP contribution in [0.2, 0.25) is 0 Å². The molecule has 0 aromatic carbocycles. The van der Waals surface area contributed by atoms with Gasteiger partial charge in [-0.25, -0.2) is 57.0 Å². The molecule has 4 heterocycles. The molecule has 0 bridgehead atoms. The van der Waals surface area contributed by atoms with E-state index in [2.05, 4.69) is 72.4 Å². The van der Waals surface area contributed by atoms with E-state index in [1.54, 1.807) is 33.2 Å². The van der Waals surface area contributed by atoms with Gasteiger partial charge in [-0.15, -0.1) is 0 Å². The quantitative estimate of drug-likeness (QED) is 0.0978. The number of Topliss-reactive ketones (excluding diaryl/α,β-unsaturated/α-hetero) is 1. The van der Waals surface area contributed by atoms with Crippen molar-refractivity contribution in [3.63, 3.8) is 0 Å². The minimum atomic E-state index is -3.84. The summed E-state index contributed by atoms with van der Waals surface area (Å²) in [6.45, 7) is 8.69. The van der Waals surface area contributed by atoms with Crippen LogP contribution in [-0.4, -0.2) is 73.7 Å². The predicted molar refractivity (Wildman–Crippen MR) is 195 cm³/mol. The standard InChI is InChI=1S/C14H18BrN5O3S2.C13H14BrN5O3S2/c1-8(14(2,3)21)24-12-10(15)7-18-13(20-12)19-9-4-5-11(17-6-9)25(16,22)23;1-7(20)8(2)23-12-10(14)6-17-13(19-12)18-9-3-4-11(16-5-9)24(15,21)22/h4-8,21H,1-3H3,(H2,16,22,23)(H,18,19,20);3-6,8H,1-2H3,(H2,15,21,22)(H,17,18,19). The van der Waals surface area contributed by atoms with Crippen LogP contribution >= 0.6 is 55.4 Å². The summed E-state index contributed by atoms with van der Waals surface area (Å²) in [5.41, 5.74) is 0.150.